The highest BCUT2D eigenvalue weighted by atomic mass is 16.5. The van der Waals surface area contributed by atoms with Crippen LogP contribution in [0.15, 0.2) is 16.9 Å². The van der Waals surface area contributed by atoms with E-state index in [-0.39, 0.29) is 5.91 Å². The molecule has 0 aromatic carbocycles. The number of carbonyl (C=O) groups is 1. The lowest BCUT2D eigenvalue weighted by atomic mass is 9.99. The molecular formula is C18H25N5O2. The second-order valence-corrected chi connectivity index (χ2v) is 6.78. The van der Waals surface area contributed by atoms with E-state index in [1.807, 2.05) is 19.9 Å². The summed E-state index contributed by atoms with van der Waals surface area (Å²) in [6, 6.07) is 1.85. The van der Waals surface area contributed by atoms with Crippen molar-refractivity contribution >= 4 is 17.5 Å². The molecule has 134 valence electrons. The number of aromatic nitrogens is 3. The number of amides is 1. The van der Waals surface area contributed by atoms with Crippen LogP contribution >= 0.6 is 0 Å². The molecule has 3 heterocycles. The minimum atomic E-state index is -0.0723. The van der Waals surface area contributed by atoms with E-state index < -0.39 is 0 Å². The Balaban J connectivity index is 1.57. The molecule has 2 aromatic heterocycles. The molecule has 1 amide bonds. The Bertz CT molecular complexity index is 715. The Kier molecular flexibility index (Phi) is 5.31. The SMILES string of the molecule is Cc1noc(C)c1CCC(=O)Nc1cc(N2CCC(C)CC2)ncn1. The normalized spacial score (nSPS) is 15.4. The summed E-state index contributed by atoms with van der Waals surface area (Å²) in [5, 5.41) is 6.78. The van der Waals surface area contributed by atoms with Crippen molar-refractivity contribution in [2.75, 3.05) is 23.3 Å². The summed E-state index contributed by atoms with van der Waals surface area (Å²) >= 11 is 0. The molecule has 0 radical (unpaired) electrons. The summed E-state index contributed by atoms with van der Waals surface area (Å²) in [6.07, 6.45) is 4.82. The van der Waals surface area contributed by atoms with Gasteiger partial charge < -0.3 is 14.7 Å². The standard InChI is InChI=1S/C18H25N5O2/c1-12-6-8-23(9-7-12)17-10-16(19-11-20-17)21-18(24)5-4-15-13(2)22-25-14(15)3/h10-12H,4-9H2,1-3H3,(H,19,20,21,24). The summed E-state index contributed by atoms with van der Waals surface area (Å²) in [4.78, 5) is 23.0. The van der Waals surface area contributed by atoms with Crippen molar-refractivity contribution < 1.29 is 9.32 Å². The Morgan fingerprint density at radius 3 is 2.76 bits per heavy atom. The van der Waals surface area contributed by atoms with E-state index in [2.05, 4.69) is 32.3 Å². The summed E-state index contributed by atoms with van der Waals surface area (Å²) in [5.74, 6) is 2.89. The number of nitrogens with one attached hydrogen (secondary N) is 1. The molecular weight excluding hydrogens is 318 g/mol. The Hall–Kier alpha value is -2.44. The molecule has 2 aromatic rings. The summed E-state index contributed by atoms with van der Waals surface area (Å²) in [6.45, 7) is 8.03. The number of rotatable bonds is 5. The van der Waals surface area contributed by atoms with E-state index >= 15 is 0 Å². The zero-order chi connectivity index (χ0) is 17.8. The fourth-order valence-electron chi connectivity index (χ4n) is 3.13. The number of carbonyl (C=O) groups excluding carboxylic acids is 1. The van der Waals surface area contributed by atoms with Gasteiger partial charge in [0.1, 0.15) is 23.7 Å². The van der Waals surface area contributed by atoms with Gasteiger partial charge in [-0.25, -0.2) is 9.97 Å². The van der Waals surface area contributed by atoms with Gasteiger partial charge >= 0.3 is 0 Å². The molecule has 1 fully saturated rings. The van der Waals surface area contributed by atoms with E-state index in [9.17, 15) is 4.79 Å². The second-order valence-electron chi connectivity index (χ2n) is 6.78. The number of hydrogen-bond acceptors (Lipinski definition) is 6. The smallest absolute Gasteiger partial charge is 0.225 e. The van der Waals surface area contributed by atoms with E-state index in [0.717, 1.165) is 41.8 Å². The lowest BCUT2D eigenvalue weighted by Gasteiger charge is -2.31. The van der Waals surface area contributed by atoms with Gasteiger partial charge in [-0.2, -0.15) is 0 Å². The van der Waals surface area contributed by atoms with Gasteiger partial charge in [0, 0.05) is 31.1 Å². The van der Waals surface area contributed by atoms with Crippen LogP contribution in [0.3, 0.4) is 0 Å². The van der Waals surface area contributed by atoms with Crippen LogP contribution < -0.4 is 10.2 Å². The van der Waals surface area contributed by atoms with Crippen molar-refractivity contribution in [2.24, 2.45) is 5.92 Å². The Labute approximate surface area is 147 Å². The van der Waals surface area contributed by atoms with Crippen LogP contribution in [0.2, 0.25) is 0 Å². The minimum absolute atomic E-state index is 0.0723. The molecule has 0 spiro atoms. The molecule has 0 saturated carbocycles. The van der Waals surface area contributed by atoms with E-state index in [1.54, 1.807) is 0 Å². The van der Waals surface area contributed by atoms with Crippen molar-refractivity contribution in [1.29, 1.82) is 0 Å². The third-order valence-corrected chi connectivity index (χ3v) is 4.81. The van der Waals surface area contributed by atoms with Gasteiger partial charge in [-0.3, -0.25) is 4.79 Å². The van der Waals surface area contributed by atoms with Crippen LogP contribution in [0.1, 0.15) is 43.2 Å². The molecule has 1 aliphatic heterocycles. The molecule has 3 rings (SSSR count). The van der Waals surface area contributed by atoms with E-state index in [4.69, 9.17) is 4.52 Å². The van der Waals surface area contributed by atoms with Gasteiger partial charge in [-0.1, -0.05) is 12.1 Å². The monoisotopic (exact) mass is 343 g/mol. The minimum Gasteiger partial charge on any atom is -0.361 e. The third-order valence-electron chi connectivity index (χ3n) is 4.81. The van der Waals surface area contributed by atoms with Crippen LogP contribution in [0.5, 0.6) is 0 Å². The third kappa shape index (κ3) is 4.35. The predicted molar refractivity (Wildman–Crippen MR) is 95.6 cm³/mol. The van der Waals surface area contributed by atoms with Crippen LogP contribution in [-0.2, 0) is 11.2 Å². The van der Waals surface area contributed by atoms with E-state index in [0.29, 0.717) is 18.7 Å². The fraction of sp³-hybridized carbons (Fsp3) is 0.556. The van der Waals surface area contributed by atoms with Gasteiger partial charge in [0.05, 0.1) is 5.69 Å². The van der Waals surface area contributed by atoms with Crippen molar-refractivity contribution in [1.82, 2.24) is 15.1 Å². The number of hydrogen-bond donors (Lipinski definition) is 1. The van der Waals surface area contributed by atoms with Gasteiger partial charge in [0.25, 0.3) is 0 Å². The fourth-order valence-corrected chi connectivity index (χ4v) is 3.13. The van der Waals surface area contributed by atoms with Gasteiger partial charge in [-0.05, 0) is 39.0 Å². The highest BCUT2D eigenvalue weighted by Crippen LogP contribution is 2.22. The van der Waals surface area contributed by atoms with Crippen LogP contribution in [0.4, 0.5) is 11.6 Å². The maximum absolute atomic E-state index is 12.2. The molecule has 0 atom stereocenters. The molecule has 0 unspecified atom stereocenters. The summed E-state index contributed by atoms with van der Waals surface area (Å²) < 4.78 is 5.13. The highest BCUT2D eigenvalue weighted by Gasteiger charge is 2.18. The molecule has 7 heteroatoms. The molecule has 0 bridgehead atoms. The summed E-state index contributed by atoms with van der Waals surface area (Å²) in [5.41, 5.74) is 1.84. The van der Waals surface area contributed by atoms with Crippen molar-refractivity contribution in [3.8, 4) is 0 Å². The quantitative estimate of drug-likeness (QED) is 0.898. The largest absolute Gasteiger partial charge is 0.361 e. The first-order chi connectivity index (χ1) is 12.0. The van der Waals surface area contributed by atoms with Gasteiger partial charge in [0.15, 0.2) is 0 Å². The van der Waals surface area contributed by atoms with Crippen LogP contribution in [0, 0.1) is 19.8 Å². The maximum atomic E-state index is 12.2. The molecule has 1 N–H and O–H groups in total. The molecule has 0 aliphatic carbocycles. The number of anilines is 2. The average Bonchev–Trinajstić information content (AvgIpc) is 2.92. The van der Waals surface area contributed by atoms with E-state index in [1.165, 1.54) is 19.2 Å². The average molecular weight is 343 g/mol. The Morgan fingerprint density at radius 1 is 1.32 bits per heavy atom. The molecule has 25 heavy (non-hydrogen) atoms. The van der Waals surface area contributed by atoms with Crippen molar-refractivity contribution in [2.45, 2.75) is 46.5 Å². The van der Waals surface area contributed by atoms with Crippen molar-refractivity contribution in [3.63, 3.8) is 0 Å². The lowest BCUT2D eigenvalue weighted by Crippen LogP contribution is -2.33. The maximum Gasteiger partial charge on any atom is 0.225 e. The van der Waals surface area contributed by atoms with Gasteiger partial charge in [0.2, 0.25) is 5.91 Å². The first-order valence-corrected chi connectivity index (χ1v) is 8.81. The molecule has 1 aliphatic rings. The number of nitrogens with zero attached hydrogens (tertiary/aromatic N) is 4. The second kappa shape index (κ2) is 7.63. The Morgan fingerprint density at radius 2 is 2.08 bits per heavy atom. The topological polar surface area (TPSA) is 84.2 Å². The molecule has 1 saturated heterocycles. The zero-order valence-electron chi connectivity index (χ0n) is 15.1. The van der Waals surface area contributed by atoms with Crippen molar-refractivity contribution in [3.05, 3.63) is 29.4 Å². The zero-order valence-corrected chi connectivity index (χ0v) is 15.1. The van der Waals surface area contributed by atoms with Gasteiger partial charge in [-0.15, -0.1) is 0 Å². The number of piperidine rings is 1. The van der Waals surface area contributed by atoms with Crippen LogP contribution in [-0.4, -0.2) is 34.1 Å². The highest BCUT2D eigenvalue weighted by molar-refractivity contribution is 5.90. The molecule has 7 nitrogen and oxygen atoms in total. The first kappa shape index (κ1) is 17.4. The number of aryl methyl sites for hydroxylation is 2. The lowest BCUT2D eigenvalue weighted by molar-refractivity contribution is -0.116. The van der Waals surface area contributed by atoms with Crippen LogP contribution in [0.25, 0.3) is 0 Å². The predicted octanol–water partition coefficient (Wildman–Crippen LogP) is 2.89. The summed E-state index contributed by atoms with van der Waals surface area (Å²) in [7, 11) is 0. The first-order valence-electron chi connectivity index (χ1n) is 8.81.